The Kier molecular flexibility index (Phi) is 4.95. The van der Waals surface area contributed by atoms with Crippen LogP contribution in [-0.2, 0) is 4.79 Å². The summed E-state index contributed by atoms with van der Waals surface area (Å²) in [5.41, 5.74) is -0.545. The van der Waals surface area contributed by atoms with E-state index >= 15 is 0 Å². The number of carbonyl (C=O) groups excluding carboxylic acids is 1. The maximum absolute atomic E-state index is 13.3. The van der Waals surface area contributed by atoms with E-state index in [1.54, 1.807) is 0 Å². The number of halogens is 3. The highest BCUT2D eigenvalue weighted by Gasteiger charge is 2.22. The van der Waals surface area contributed by atoms with E-state index in [0.717, 1.165) is 6.07 Å². The van der Waals surface area contributed by atoms with Crippen LogP contribution in [-0.4, -0.2) is 23.1 Å². The van der Waals surface area contributed by atoms with Crippen LogP contribution in [0, 0.1) is 23.4 Å². The van der Waals surface area contributed by atoms with Gasteiger partial charge in [0.05, 0.1) is 11.6 Å². The van der Waals surface area contributed by atoms with Gasteiger partial charge in [-0.25, -0.2) is 18.0 Å². The Bertz CT molecular complexity index is 537. The van der Waals surface area contributed by atoms with Gasteiger partial charge in [0.2, 0.25) is 0 Å². The molecule has 1 rings (SSSR count). The van der Waals surface area contributed by atoms with Crippen LogP contribution >= 0.6 is 0 Å². The van der Waals surface area contributed by atoms with Gasteiger partial charge in [-0.1, -0.05) is 0 Å². The van der Waals surface area contributed by atoms with Crippen molar-refractivity contribution in [2.24, 2.45) is 5.92 Å². The van der Waals surface area contributed by atoms with Crippen molar-refractivity contribution < 1.29 is 27.9 Å². The first-order chi connectivity index (χ1) is 9.23. The van der Waals surface area contributed by atoms with Gasteiger partial charge in [0.15, 0.2) is 17.5 Å². The number of benzene rings is 1. The first-order valence-electron chi connectivity index (χ1n) is 5.67. The highest BCUT2D eigenvalue weighted by Crippen LogP contribution is 2.19. The number of rotatable bonds is 4. The number of anilines is 1. The molecule has 1 aromatic rings. The minimum Gasteiger partial charge on any atom is -0.481 e. The quantitative estimate of drug-likeness (QED) is 0.745. The lowest BCUT2D eigenvalue weighted by atomic mass is 10.0. The molecule has 0 saturated carbocycles. The molecule has 20 heavy (non-hydrogen) atoms. The molecule has 0 aliphatic rings. The van der Waals surface area contributed by atoms with Crippen molar-refractivity contribution in [2.45, 2.75) is 19.9 Å². The summed E-state index contributed by atoms with van der Waals surface area (Å²) in [6, 6.07) is -0.132. The summed E-state index contributed by atoms with van der Waals surface area (Å²) in [5, 5.41) is 13.0. The van der Waals surface area contributed by atoms with Gasteiger partial charge in [0.1, 0.15) is 0 Å². The number of carbonyl (C=O) groups is 2. The lowest BCUT2D eigenvalue weighted by Gasteiger charge is -2.18. The van der Waals surface area contributed by atoms with Crippen molar-refractivity contribution in [3.05, 3.63) is 29.6 Å². The second kappa shape index (κ2) is 6.27. The maximum Gasteiger partial charge on any atom is 0.319 e. The molecule has 1 aromatic carbocycles. The van der Waals surface area contributed by atoms with Gasteiger partial charge in [-0.2, -0.15) is 0 Å². The van der Waals surface area contributed by atoms with E-state index in [0.29, 0.717) is 6.07 Å². The monoisotopic (exact) mass is 290 g/mol. The zero-order valence-corrected chi connectivity index (χ0v) is 10.7. The summed E-state index contributed by atoms with van der Waals surface area (Å²) in [5.74, 6) is -6.58. The summed E-state index contributed by atoms with van der Waals surface area (Å²) in [4.78, 5) is 22.2. The lowest BCUT2D eigenvalue weighted by molar-refractivity contribution is -0.141. The summed E-state index contributed by atoms with van der Waals surface area (Å²) in [6.07, 6.45) is 0. The number of nitrogens with one attached hydrogen (secondary N) is 2. The second-order valence-electron chi connectivity index (χ2n) is 4.24. The average molecular weight is 290 g/mol. The molecule has 3 N–H and O–H groups in total. The molecule has 0 aromatic heterocycles. The minimum absolute atomic E-state index is 0.545. The van der Waals surface area contributed by atoms with Gasteiger partial charge < -0.3 is 15.7 Å². The van der Waals surface area contributed by atoms with Crippen LogP contribution in [0.4, 0.5) is 23.7 Å². The normalized spacial score (nSPS) is 13.4. The number of carboxylic acid groups (broad SMARTS) is 1. The van der Waals surface area contributed by atoms with E-state index in [2.05, 4.69) is 5.32 Å². The summed E-state index contributed by atoms with van der Waals surface area (Å²) >= 11 is 0. The third kappa shape index (κ3) is 3.62. The molecule has 0 spiro atoms. The topological polar surface area (TPSA) is 78.4 Å². The van der Waals surface area contributed by atoms with Crippen LogP contribution in [0.2, 0.25) is 0 Å². The molecule has 0 radical (unpaired) electrons. The number of hydrogen-bond donors (Lipinski definition) is 3. The molecular formula is C12H13F3N2O3. The van der Waals surface area contributed by atoms with Crippen molar-refractivity contribution in [1.29, 1.82) is 0 Å². The summed E-state index contributed by atoms with van der Waals surface area (Å²) in [6.45, 7) is 2.82. The fourth-order valence-electron chi connectivity index (χ4n) is 1.33. The Morgan fingerprint density at radius 2 is 1.75 bits per heavy atom. The van der Waals surface area contributed by atoms with E-state index in [1.807, 2.05) is 5.32 Å². The van der Waals surface area contributed by atoms with Gasteiger partial charge in [-0.3, -0.25) is 4.79 Å². The van der Waals surface area contributed by atoms with E-state index in [4.69, 9.17) is 5.11 Å². The molecule has 110 valence electrons. The smallest absolute Gasteiger partial charge is 0.319 e. The molecular weight excluding hydrogens is 277 g/mol. The first-order valence-corrected chi connectivity index (χ1v) is 5.67. The van der Waals surface area contributed by atoms with Gasteiger partial charge in [0.25, 0.3) is 0 Å². The van der Waals surface area contributed by atoms with Crippen LogP contribution in [0.25, 0.3) is 0 Å². The Balaban J connectivity index is 2.73. The molecule has 0 bridgehead atoms. The van der Waals surface area contributed by atoms with Gasteiger partial charge in [-0.15, -0.1) is 0 Å². The predicted octanol–water partition coefficient (Wildman–Crippen LogP) is 2.33. The van der Waals surface area contributed by atoms with E-state index in [-0.39, 0.29) is 0 Å². The van der Waals surface area contributed by atoms with E-state index in [9.17, 15) is 22.8 Å². The molecule has 5 nitrogen and oxygen atoms in total. The summed E-state index contributed by atoms with van der Waals surface area (Å²) < 4.78 is 38.9. The Morgan fingerprint density at radius 1 is 1.15 bits per heavy atom. The molecule has 0 saturated heterocycles. The number of aliphatic carboxylic acids is 1. The summed E-state index contributed by atoms with van der Waals surface area (Å²) in [7, 11) is 0. The molecule has 2 amide bonds. The number of amides is 2. The van der Waals surface area contributed by atoms with Crippen molar-refractivity contribution in [1.82, 2.24) is 5.32 Å². The van der Waals surface area contributed by atoms with Crippen LogP contribution in [0.3, 0.4) is 0 Å². The second-order valence-corrected chi connectivity index (χ2v) is 4.24. The standard InChI is InChI=1S/C12H13F3N2O3/c1-5(11(18)19)6(2)16-12(20)17-8-4-3-7(13)9(14)10(8)15/h3-6H,1-2H3,(H,18,19)(H2,16,17,20). The van der Waals surface area contributed by atoms with Crippen molar-refractivity contribution in [2.75, 3.05) is 5.32 Å². The predicted molar refractivity (Wildman–Crippen MR) is 64.7 cm³/mol. The maximum atomic E-state index is 13.3. The van der Waals surface area contributed by atoms with Crippen molar-refractivity contribution >= 4 is 17.7 Å². The Hall–Kier alpha value is -2.25. The Morgan fingerprint density at radius 3 is 2.30 bits per heavy atom. The van der Waals surface area contributed by atoms with Gasteiger partial charge >= 0.3 is 12.0 Å². The SMILES string of the molecule is CC(NC(=O)Nc1ccc(F)c(F)c1F)C(C)C(=O)O. The first kappa shape index (κ1) is 15.8. The molecule has 0 aliphatic carbocycles. The highest BCUT2D eigenvalue weighted by atomic mass is 19.2. The third-order valence-corrected chi connectivity index (χ3v) is 2.78. The zero-order chi connectivity index (χ0) is 15.4. The number of urea groups is 1. The lowest BCUT2D eigenvalue weighted by Crippen LogP contribution is -2.42. The molecule has 0 heterocycles. The minimum atomic E-state index is -1.70. The fourth-order valence-corrected chi connectivity index (χ4v) is 1.33. The van der Waals surface area contributed by atoms with Crippen molar-refractivity contribution in [3.8, 4) is 0 Å². The fraction of sp³-hybridized carbons (Fsp3) is 0.333. The van der Waals surface area contributed by atoms with E-state index in [1.165, 1.54) is 13.8 Å². The molecule has 2 unspecified atom stereocenters. The van der Waals surface area contributed by atoms with Crippen LogP contribution < -0.4 is 10.6 Å². The van der Waals surface area contributed by atoms with Gasteiger partial charge in [-0.05, 0) is 26.0 Å². The zero-order valence-electron chi connectivity index (χ0n) is 10.7. The highest BCUT2D eigenvalue weighted by molar-refractivity contribution is 5.90. The number of carboxylic acids is 1. The molecule has 0 fully saturated rings. The van der Waals surface area contributed by atoms with Crippen LogP contribution in [0.15, 0.2) is 12.1 Å². The van der Waals surface area contributed by atoms with Crippen molar-refractivity contribution in [3.63, 3.8) is 0 Å². The molecule has 0 aliphatic heterocycles. The van der Waals surface area contributed by atoms with E-state index < -0.39 is 47.1 Å². The Labute approximate surface area is 112 Å². The largest absolute Gasteiger partial charge is 0.481 e. The number of hydrogen-bond acceptors (Lipinski definition) is 2. The molecule has 8 heteroatoms. The van der Waals surface area contributed by atoms with Gasteiger partial charge in [0, 0.05) is 6.04 Å². The third-order valence-electron chi connectivity index (χ3n) is 2.78. The molecule has 2 atom stereocenters. The van der Waals surface area contributed by atoms with Crippen LogP contribution in [0.1, 0.15) is 13.8 Å². The van der Waals surface area contributed by atoms with Crippen LogP contribution in [0.5, 0.6) is 0 Å². The average Bonchev–Trinajstić information content (AvgIpc) is 2.38.